The van der Waals surface area contributed by atoms with Crippen LogP contribution in [0.2, 0.25) is 5.02 Å². The molecule has 0 aliphatic heterocycles. The van der Waals surface area contributed by atoms with Gasteiger partial charge in [0.1, 0.15) is 5.82 Å². The van der Waals surface area contributed by atoms with Crippen LogP contribution in [-0.4, -0.2) is 18.8 Å². The molecule has 0 bridgehead atoms. The molecule has 1 aromatic carbocycles. The molecule has 0 fully saturated rings. The Morgan fingerprint density at radius 1 is 1.39 bits per heavy atom. The highest BCUT2D eigenvalue weighted by Gasteiger charge is 2.33. The largest absolute Gasteiger partial charge is 0.377 e. The van der Waals surface area contributed by atoms with Crippen LogP contribution in [0.3, 0.4) is 0 Å². The van der Waals surface area contributed by atoms with Gasteiger partial charge in [-0.25, -0.2) is 4.39 Å². The summed E-state index contributed by atoms with van der Waals surface area (Å²) in [7, 11) is 1.68. The first-order valence-corrected chi connectivity index (χ1v) is 6.61. The van der Waals surface area contributed by atoms with E-state index in [9.17, 15) is 4.39 Å². The molecule has 0 spiro atoms. The fraction of sp³-hybridized carbons (Fsp3) is 0.571. The van der Waals surface area contributed by atoms with Crippen molar-refractivity contribution in [2.45, 2.75) is 44.8 Å². The van der Waals surface area contributed by atoms with Gasteiger partial charge in [0.15, 0.2) is 0 Å². The minimum Gasteiger partial charge on any atom is -0.377 e. The van der Waals surface area contributed by atoms with Gasteiger partial charge < -0.3 is 10.5 Å². The molecule has 0 radical (unpaired) electrons. The highest BCUT2D eigenvalue weighted by atomic mass is 35.5. The number of nitrogens with two attached hydrogens (primary N) is 1. The minimum atomic E-state index is -0.349. The molecule has 2 N–H and O–H groups in total. The zero-order valence-electron chi connectivity index (χ0n) is 11.2. The number of benzene rings is 1. The van der Waals surface area contributed by atoms with E-state index in [0.29, 0.717) is 11.4 Å². The van der Waals surface area contributed by atoms with Gasteiger partial charge >= 0.3 is 0 Å². The Hall–Kier alpha value is -0.640. The molecule has 102 valence electrons. The first kappa shape index (κ1) is 15.4. The van der Waals surface area contributed by atoms with Crippen LogP contribution in [0.5, 0.6) is 0 Å². The van der Waals surface area contributed by atoms with E-state index in [4.69, 9.17) is 22.1 Å². The molecule has 4 heteroatoms. The molecule has 0 saturated heterocycles. The average molecular weight is 274 g/mol. The third-order valence-electron chi connectivity index (χ3n) is 3.73. The lowest BCUT2D eigenvalue weighted by Crippen LogP contribution is -2.50. The summed E-state index contributed by atoms with van der Waals surface area (Å²) in [5.41, 5.74) is 6.75. The Morgan fingerprint density at radius 3 is 2.44 bits per heavy atom. The van der Waals surface area contributed by atoms with E-state index >= 15 is 0 Å². The van der Waals surface area contributed by atoms with Crippen LogP contribution in [-0.2, 0) is 11.2 Å². The van der Waals surface area contributed by atoms with Gasteiger partial charge in [-0.3, -0.25) is 0 Å². The normalized spacial score (nSPS) is 13.7. The summed E-state index contributed by atoms with van der Waals surface area (Å²) >= 11 is 6.02. The molecule has 1 aromatic rings. The molecule has 1 unspecified atom stereocenters. The van der Waals surface area contributed by atoms with Crippen molar-refractivity contribution >= 4 is 11.6 Å². The lowest BCUT2D eigenvalue weighted by Gasteiger charge is -2.36. The molecule has 18 heavy (non-hydrogen) atoms. The van der Waals surface area contributed by atoms with Gasteiger partial charge in [0, 0.05) is 18.2 Å². The third-order valence-corrected chi connectivity index (χ3v) is 4.09. The molecule has 0 amide bonds. The summed E-state index contributed by atoms with van der Waals surface area (Å²) in [5.74, 6) is -0.332. The van der Waals surface area contributed by atoms with Gasteiger partial charge in [0.2, 0.25) is 0 Å². The van der Waals surface area contributed by atoms with E-state index in [1.807, 2.05) is 0 Å². The van der Waals surface area contributed by atoms with Crippen molar-refractivity contribution < 1.29 is 9.13 Å². The molecule has 1 atom stereocenters. The van der Waals surface area contributed by atoms with Crippen molar-refractivity contribution in [1.29, 1.82) is 0 Å². The van der Waals surface area contributed by atoms with Crippen LogP contribution in [0.15, 0.2) is 18.2 Å². The molecule has 0 saturated carbocycles. The number of methoxy groups -OCH3 is 1. The summed E-state index contributed by atoms with van der Waals surface area (Å²) < 4.78 is 18.6. The van der Waals surface area contributed by atoms with Crippen molar-refractivity contribution in [3.05, 3.63) is 34.6 Å². The maximum absolute atomic E-state index is 13.0. The van der Waals surface area contributed by atoms with Crippen molar-refractivity contribution in [3.8, 4) is 0 Å². The molecule has 2 nitrogen and oxygen atoms in total. The highest BCUT2D eigenvalue weighted by Crippen LogP contribution is 2.27. The second kappa shape index (κ2) is 6.50. The predicted molar refractivity (Wildman–Crippen MR) is 73.4 cm³/mol. The van der Waals surface area contributed by atoms with Crippen LogP contribution in [0.25, 0.3) is 0 Å². The van der Waals surface area contributed by atoms with Gasteiger partial charge in [0.25, 0.3) is 0 Å². The summed E-state index contributed by atoms with van der Waals surface area (Å²) in [5, 5.41) is 0.419. The zero-order chi connectivity index (χ0) is 13.8. The zero-order valence-corrected chi connectivity index (χ0v) is 11.9. The summed E-state index contributed by atoms with van der Waals surface area (Å²) in [6, 6.07) is 4.24. The Balaban J connectivity index is 2.89. The number of hydrogen-bond donors (Lipinski definition) is 1. The molecular weight excluding hydrogens is 253 g/mol. The number of rotatable bonds is 6. The van der Waals surface area contributed by atoms with Crippen LogP contribution < -0.4 is 5.73 Å². The maximum atomic E-state index is 13.0. The van der Waals surface area contributed by atoms with Crippen LogP contribution in [0.1, 0.15) is 32.3 Å². The molecule has 0 aromatic heterocycles. The van der Waals surface area contributed by atoms with Crippen LogP contribution in [0, 0.1) is 5.82 Å². The number of hydrogen-bond acceptors (Lipinski definition) is 2. The van der Waals surface area contributed by atoms with Gasteiger partial charge in [0.05, 0.1) is 5.60 Å². The van der Waals surface area contributed by atoms with E-state index in [1.54, 1.807) is 13.2 Å². The SMILES string of the molecule is CCC(CC)(OC)C(N)Cc1ccc(F)cc1Cl. The summed E-state index contributed by atoms with van der Waals surface area (Å²) in [6.45, 7) is 4.11. The minimum absolute atomic E-state index is 0.166. The van der Waals surface area contributed by atoms with Crippen molar-refractivity contribution in [1.82, 2.24) is 0 Å². The topological polar surface area (TPSA) is 35.2 Å². The maximum Gasteiger partial charge on any atom is 0.124 e. The standard InChI is InChI=1S/C14H21ClFNO/c1-4-14(5-2,18-3)13(17)8-10-6-7-11(16)9-12(10)15/h6-7,9,13H,4-5,8,17H2,1-3H3. The Bertz CT molecular complexity index is 385. The van der Waals surface area contributed by atoms with Crippen LogP contribution in [0.4, 0.5) is 4.39 Å². The number of halogens is 2. The van der Waals surface area contributed by atoms with Gasteiger partial charge in [-0.05, 0) is 37.0 Å². The third kappa shape index (κ3) is 3.22. The molecule has 1 rings (SSSR count). The van der Waals surface area contributed by atoms with Gasteiger partial charge in [-0.1, -0.05) is 31.5 Å². The summed E-state index contributed by atoms with van der Waals surface area (Å²) in [4.78, 5) is 0. The second-order valence-electron chi connectivity index (χ2n) is 4.52. The quantitative estimate of drug-likeness (QED) is 0.860. The van der Waals surface area contributed by atoms with E-state index in [-0.39, 0.29) is 17.5 Å². The van der Waals surface area contributed by atoms with Gasteiger partial charge in [-0.2, -0.15) is 0 Å². The van der Waals surface area contributed by atoms with E-state index in [1.165, 1.54) is 12.1 Å². The molecular formula is C14H21ClFNO. The Morgan fingerprint density at radius 2 is 2.00 bits per heavy atom. The van der Waals surface area contributed by atoms with E-state index < -0.39 is 0 Å². The fourth-order valence-electron chi connectivity index (χ4n) is 2.32. The van der Waals surface area contributed by atoms with E-state index in [0.717, 1.165) is 18.4 Å². The first-order valence-electron chi connectivity index (χ1n) is 6.23. The van der Waals surface area contributed by atoms with Crippen LogP contribution >= 0.6 is 11.6 Å². The van der Waals surface area contributed by atoms with E-state index in [2.05, 4.69) is 13.8 Å². The van der Waals surface area contributed by atoms with Crippen molar-refractivity contribution in [2.24, 2.45) is 5.73 Å². The van der Waals surface area contributed by atoms with Crippen molar-refractivity contribution in [2.75, 3.05) is 7.11 Å². The fourth-order valence-corrected chi connectivity index (χ4v) is 2.57. The lowest BCUT2D eigenvalue weighted by molar-refractivity contribution is -0.0374. The molecule has 0 aliphatic carbocycles. The highest BCUT2D eigenvalue weighted by molar-refractivity contribution is 6.31. The van der Waals surface area contributed by atoms with Crippen molar-refractivity contribution in [3.63, 3.8) is 0 Å². The lowest BCUT2D eigenvalue weighted by atomic mass is 9.85. The smallest absolute Gasteiger partial charge is 0.124 e. The Kier molecular flexibility index (Phi) is 5.57. The average Bonchev–Trinajstić information content (AvgIpc) is 2.36. The summed E-state index contributed by atoms with van der Waals surface area (Å²) in [6.07, 6.45) is 2.24. The first-order chi connectivity index (χ1) is 8.49. The monoisotopic (exact) mass is 273 g/mol. The van der Waals surface area contributed by atoms with Gasteiger partial charge in [-0.15, -0.1) is 0 Å². The predicted octanol–water partition coefficient (Wildman–Crippen LogP) is 3.55. The number of ether oxygens (including phenoxy) is 1. The molecule has 0 aliphatic rings. The Labute approximate surface area is 113 Å². The second-order valence-corrected chi connectivity index (χ2v) is 4.93. The molecule has 0 heterocycles.